The van der Waals surface area contributed by atoms with Gasteiger partial charge < -0.3 is 30.1 Å². The first kappa shape index (κ1) is 16.6. The van der Waals surface area contributed by atoms with Crippen LogP contribution in [0.25, 0.3) is 0 Å². The predicted octanol–water partition coefficient (Wildman–Crippen LogP) is -0.721. The highest BCUT2D eigenvalue weighted by Crippen LogP contribution is 2.27. The van der Waals surface area contributed by atoms with E-state index in [0.717, 1.165) is 25.7 Å². The van der Waals surface area contributed by atoms with Gasteiger partial charge in [-0.15, -0.1) is 0 Å². The number of nitrogens with one attached hydrogen (secondary N) is 1. The van der Waals surface area contributed by atoms with Crippen LogP contribution in [0, 0.1) is 0 Å². The Balaban J connectivity index is 2.06. The maximum Gasteiger partial charge on any atom is 0.217 e. The number of aliphatic hydroxyl groups excluding tert-OH is 3. The highest BCUT2D eigenvalue weighted by atomic mass is 16.7. The number of hydrogen-bond acceptors (Lipinski definition) is 6. The largest absolute Gasteiger partial charge is 0.394 e. The van der Waals surface area contributed by atoms with Crippen molar-refractivity contribution in [2.45, 2.75) is 75.8 Å². The average Bonchev–Trinajstić information content (AvgIpc) is 2.47. The second-order valence-corrected chi connectivity index (χ2v) is 5.83. The summed E-state index contributed by atoms with van der Waals surface area (Å²) < 4.78 is 11.4. The van der Waals surface area contributed by atoms with Crippen LogP contribution in [-0.4, -0.2) is 64.6 Å². The molecule has 0 radical (unpaired) electrons. The number of hydrogen-bond donors (Lipinski definition) is 4. The molecule has 2 rings (SSSR count). The molecule has 122 valence electrons. The van der Waals surface area contributed by atoms with Crippen molar-refractivity contribution < 1.29 is 29.6 Å². The molecule has 5 unspecified atom stereocenters. The van der Waals surface area contributed by atoms with E-state index in [1.807, 2.05) is 0 Å². The Morgan fingerprint density at radius 3 is 2.48 bits per heavy atom. The van der Waals surface area contributed by atoms with E-state index in [9.17, 15) is 20.1 Å². The molecular weight excluding hydrogens is 278 g/mol. The molecule has 1 aliphatic heterocycles. The highest BCUT2D eigenvalue weighted by Gasteiger charge is 2.46. The van der Waals surface area contributed by atoms with Crippen molar-refractivity contribution in [2.24, 2.45) is 0 Å². The van der Waals surface area contributed by atoms with Crippen molar-refractivity contribution >= 4 is 5.91 Å². The van der Waals surface area contributed by atoms with Crippen LogP contribution in [0.4, 0.5) is 0 Å². The third-order valence-electron chi connectivity index (χ3n) is 4.13. The van der Waals surface area contributed by atoms with Gasteiger partial charge in [0.25, 0.3) is 0 Å². The minimum Gasteiger partial charge on any atom is -0.394 e. The van der Waals surface area contributed by atoms with Crippen LogP contribution in [0.3, 0.4) is 0 Å². The Bertz CT molecular complexity index is 346. The second kappa shape index (κ2) is 7.51. The minimum atomic E-state index is -1.27. The van der Waals surface area contributed by atoms with E-state index in [1.54, 1.807) is 0 Å². The van der Waals surface area contributed by atoms with Crippen molar-refractivity contribution in [1.82, 2.24) is 5.32 Å². The summed E-state index contributed by atoms with van der Waals surface area (Å²) in [6.45, 7) is 0.907. The van der Waals surface area contributed by atoms with Gasteiger partial charge in [0.05, 0.1) is 12.7 Å². The van der Waals surface area contributed by atoms with E-state index in [4.69, 9.17) is 9.47 Å². The normalized spacial score (nSPS) is 38.2. The van der Waals surface area contributed by atoms with E-state index < -0.39 is 37.3 Å². The molecule has 0 bridgehead atoms. The molecule has 0 aromatic rings. The average molecular weight is 303 g/mol. The van der Waals surface area contributed by atoms with Crippen LogP contribution in [0.1, 0.15) is 39.0 Å². The number of aliphatic hydroxyl groups is 3. The number of amides is 1. The van der Waals surface area contributed by atoms with Crippen LogP contribution in [0.5, 0.6) is 0 Å². The van der Waals surface area contributed by atoms with E-state index in [1.165, 1.54) is 13.3 Å². The molecular formula is C14H25NO6. The molecule has 7 heteroatoms. The lowest BCUT2D eigenvalue weighted by atomic mass is 9.95. The Labute approximate surface area is 124 Å². The third-order valence-corrected chi connectivity index (χ3v) is 4.13. The van der Waals surface area contributed by atoms with Crippen molar-refractivity contribution in [2.75, 3.05) is 6.61 Å². The van der Waals surface area contributed by atoms with Crippen LogP contribution < -0.4 is 5.32 Å². The van der Waals surface area contributed by atoms with E-state index >= 15 is 0 Å². The molecule has 5 atom stereocenters. The minimum absolute atomic E-state index is 0.0155. The summed E-state index contributed by atoms with van der Waals surface area (Å²) in [5.74, 6) is -0.338. The van der Waals surface area contributed by atoms with E-state index in [-0.39, 0.29) is 12.0 Å². The third kappa shape index (κ3) is 4.14. The Morgan fingerprint density at radius 2 is 1.90 bits per heavy atom. The number of rotatable bonds is 4. The second-order valence-electron chi connectivity index (χ2n) is 5.83. The fourth-order valence-electron chi connectivity index (χ4n) is 2.98. The molecule has 1 amide bonds. The van der Waals surface area contributed by atoms with Gasteiger partial charge in [-0.1, -0.05) is 19.3 Å². The topological polar surface area (TPSA) is 108 Å². The van der Waals surface area contributed by atoms with Gasteiger partial charge in [0, 0.05) is 6.92 Å². The molecule has 1 saturated heterocycles. The summed E-state index contributed by atoms with van der Waals surface area (Å²) >= 11 is 0. The van der Waals surface area contributed by atoms with Crippen molar-refractivity contribution in [3.05, 3.63) is 0 Å². The molecule has 21 heavy (non-hydrogen) atoms. The Kier molecular flexibility index (Phi) is 5.95. The van der Waals surface area contributed by atoms with Crippen LogP contribution in [0.2, 0.25) is 0 Å². The summed E-state index contributed by atoms with van der Waals surface area (Å²) in [6, 6.07) is -0.845. The van der Waals surface area contributed by atoms with Crippen LogP contribution in [-0.2, 0) is 14.3 Å². The standard InChI is InChI=1S/C14H25NO6/c1-8(17)15-11-13(19)12(18)10(7-16)21-14(11)20-9-5-3-2-4-6-9/h9-14,16,18-19H,2-7H2,1H3,(H,15,17). The van der Waals surface area contributed by atoms with Crippen molar-refractivity contribution in [1.29, 1.82) is 0 Å². The quantitative estimate of drug-likeness (QED) is 0.546. The zero-order valence-corrected chi connectivity index (χ0v) is 12.3. The van der Waals surface area contributed by atoms with Crippen LogP contribution >= 0.6 is 0 Å². The summed E-state index contributed by atoms with van der Waals surface area (Å²) in [5, 5.41) is 31.9. The van der Waals surface area contributed by atoms with Gasteiger partial charge in [0.15, 0.2) is 6.29 Å². The van der Waals surface area contributed by atoms with Crippen LogP contribution in [0.15, 0.2) is 0 Å². The lowest BCUT2D eigenvalue weighted by molar-refractivity contribution is -0.283. The summed E-state index contributed by atoms with van der Waals surface area (Å²) in [4.78, 5) is 11.3. The van der Waals surface area contributed by atoms with Gasteiger partial charge in [-0.25, -0.2) is 0 Å². The molecule has 1 saturated carbocycles. The summed E-state index contributed by atoms with van der Waals surface area (Å²) in [5.41, 5.74) is 0. The summed E-state index contributed by atoms with van der Waals surface area (Å²) in [7, 11) is 0. The Morgan fingerprint density at radius 1 is 1.24 bits per heavy atom. The van der Waals surface area contributed by atoms with Crippen molar-refractivity contribution in [3.63, 3.8) is 0 Å². The smallest absolute Gasteiger partial charge is 0.217 e. The van der Waals surface area contributed by atoms with Gasteiger partial charge in [-0.3, -0.25) is 4.79 Å². The maximum absolute atomic E-state index is 11.3. The molecule has 2 aliphatic rings. The van der Waals surface area contributed by atoms with Gasteiger partial charge in [0.2, 0.25) is 5.91 Å². The molecule has 7 nitrogen and oxygen atoms in total. The first-order valence-electron chi connectivity index (χ1n) is 7.58. The maximum atomic E-state index is 11.3. The number of carbonyl (C=O) groups is 1. The number of ether oxygens (including phenoxy) is 2. The van der Waals surface area contributed by atoms with E-state index in [2.05, 4.69) is 5.32 Å². The molecule has 4 N–H and O–H groups in total. The zero-order valence-electron chi connectivity index (χ0n) is 12.3. The lowest BCUT2D eigenvalue weighted by Gasteiger charge is -2.43. The van der Waals surface area contributed by atoms with Gasteiger partial charge in [-0.2, -0.15) is 0 Å². The van der Waals surface area contributed by atoms with E-state index in [0.29, 0.717) is 0 Å². The monoisotopic (exact) mass is 303 g/mol. The molecule has 1 aliphatic carbocycles. The van der Waals surface area contributed by atoms with Crippen molar-refractivity contribution in [3.8, 4) is 0 Å². The molecule has 2 fully saturated rings. The predicted molar refractivity (Wildman–Crippen MR) is 73.3 cm³/mol. The lowest BCUT2D eigenvalue weighted by Crippen LogP contribution is -2.65. The highest BCUT2D eigenvalue weighted by molar-refractivity contribution is 5.73. The van der Waals surface area contributed by atoms with Gasteiger partial charge in [-0.05, 0) is 12.8 Å². The fourth-order valence-corrected chi connectivity index (χ4v) is 2.98. The molecule has 1 heterocycles. The fraction of sp³-hybridized carbons (Fsp3) is 0.929. The number of carbonyl (C=O) groups excluding carboxylic acids is 1. The molecule has 0 aromatic heterocycles. The molecule has 0 aromatic carbocycles. The first-order chi connectivity index (χ1) is 10.0. The first-order valence-corrected chi connectivity index (χ1v) is 7.58. The molecule has 0 spiro atoms. The van der Waals surface area contributed by atoms with Gasteiger partial charge >= 0.3 is 0 Å². The Hall–Kier alpha value is -0.730. The zero-order chi connectivity index (χ0) is 15.4. The summed E-state index contributed by atoms with van der Waals surface area (Å²) in [6.07, 6.45) is 0.887. The SMILES string of the molecule is CC(=O)NC1C(OC2CCCCC2)OC(CO)C(O)C1O. The van der Waals surface area contributed by atoms with Gasteiger partial charge in [0.1, 0.15) is 24.4 Å².